The molecule has 0 nitrogen and oxygen atoms in total. The predicted molar refractivity (Wildman–Crippen MR) is 55.1 cm³/mol. The van der Waals surface area contributed by atoms with Crippen LogP contribution in [0.1, 0.15) is 17.4 Å². The van der Waals surface area contributed by atoms with E-state index in [0.29, 0.717) is 6.42 Å². The minimum Gasteiger partial charge on any atom is -0.118 e. The smallest absolute Gasteiger partial charge is 0.109 e. The zero-order valence-electron chi connectivity index (χ0n) is 6.38. The molecule has 0 aliphatic heterocycles. The van der Waals surface area contributed by atoms with Crippen molar-refractivity contribution in [2.45, 2.75) is 16.6 Å². The maximum atomic E-state index is 6.03. The van der Waals surface area contributed by atoms with Crippen molar-refractivity contribution in [3.8, 4) is 0 Å². The third kappa shape index (κ3) is 3.22. The Morgan fingerprint density at radius 3 is 2.08 bits per heavy atom. The van der Waals surface area contributed by atoms with Gasteiger partial charge >= 0.3 is 0 Å². The van der Waals surface area contributed by atoms with E-state index in [-0.39, 0.29) is 5.38 Å². The van der Waals surface area contributed by atoms with Gasteiger partial charge in [-0.05, 0) is 12.0 Å². The Hall–Kier alpha value is 0.0900. The van der Waals surface area contributed by atoms with E-state index in [9.17, 15) is 0 Å². The molecular weight excluding hydrogens is 214 g/mol. The Labute approximate surface area is 87.4 Å². The second-order valence-corrected chi connectivity index (χ2v) is 4.31. The molecule has 0 saturated carbocycles. The first-order chi connectivity index (χ1) is 5.70. The van der Waals surface area contributed by atoms with Gasteiger partial charge in [-0.1, -0.05) is 30.3 Å². The summed E-state index contributed by atoms with van der Waals surface area (Å²) in [4.78, 5) is -0.396. The van der Waals surface area contributed by atoms with Gasteiger partial charge in [-0.25, -0.2) is 0 Å². The van der Waals surface area contributed by atoms with E-state index >= 15 is 0 Å². The Morgan fingerprint density at radius 1 is 1.00 bits per heavy atom. The van der Waals surface area contributed by atoms with Crippen molar-refractivity contribution >= 4 is 34.8 Å². The van der Waals surface area contributed by atoms with E-state index < -0.39 is 4.84 Å². The van der Waals surface area contributed by atoms with Gasteiger partial charge in [-0.15, -0.1) is 34.8 Å². The molecule has 0 heterocycles. The molecule has 1 unspecified atom stereocenters. The molecule has 1 aromatic rings. The highest BCUT2D eigenvalue weighted by Gasteiger charge is 2.10. The van der Waals surface area contributed by atoms with E-state index in [4.69, 9.17) is 34.8 Å². The summed E-state index contributed by atoms with van der Waals surface area (Å²) in [6.45, 7) is 0. The summed E-state index contributed by atoms with van der Waals surface area (Å²) in [5.74, 6) is 0. The summed E-state index contributed by atoms with van der Waals surface area (Å²) < 4.78 is 0. The molecule has 3 heteroatoms. The second-order valence-electron chi connectivity index (χ2n) is 2.51. The monoisotopic (exact) mass is 222 g/mol. The maximum absolute atomic E-state index is 6.03. The SMILES string of the molecule is ClC(Cl)CC(Cl)c1ccccc1. The van der Waals surface area contributed by atoms with Crippen LogP contribution in [0.3, 0.4) is 0 Å². The summed E-state index contributed by atoms with van der Waals surface area (Å²) >= 11 is 17.2. The molecule has 0 radical (unpaired) electrons. The fraction of sp³-hybridized carbons (Fsp3) is 0.333. The predicted octanol–water partition coefficient (Wildman–Crippen LogP) is 4.16. The van der Waals surface area contributed by atoms with Gasteiger partial charge in [0.25, 0.3) is 0 Å². The van der Waals surface area contributed by atoms with Crippen LogP contribution in [-0.4, -0.2) is 4.84 Å². The molecule has 0 fully saturated rings. The third-order valence-electron chi connectivity index (χ3n) is 1.55. The minimum absolute atomic E-state index is 0.0915. The van der Waals surface area contributed by atoms with Gasteiger partial charge in [0.05, 0.1) is 5.38 Å². The van der Waals surface area contributed by atoms with Crippen molar-refractivity contribution in [2.75, 3.05) is 0 Å². The molecule has 0 aliphatic rings. The Bertz CT molecular complexity index is 220. The summed E-state index contributed by atoms with van der Waals surface area (Å²) in [6.07, 6.45) is 0.578. The number of hydrogen-bond donors (Lipinski definition) is 0. The lowest BCUT2D eigenvalue weighted by molar-refractivity contribution is 0.858. The molecule has 0 amide bonds. The highest BCUT2D eigenvalue weighted by Crippen LogP contribution is 2.28. The third-order valence-corrected chi connectivity index (χ3v) is 2.33. The molecule has 0 spiro atoms. The summed E-state index contributed by atoms with van der Waals surface area (Å²) in [5.41, 5.74) is 1.06. The fourth-order valence-electron chi connectivity index (χ4n) is 0.954. The maximum Gasteiger partial charge on any atom is 0.109 e. The molecule has 0 N–H and O–H groups in total. The topological polar surface area (TPSA) is 0 Å². The molecule has 12 heavy (non-hydrogen) atoms. The molecule has 0 saturated heterocycles. The standard InChI is InChI=1S/C9H9Cl3/c10-8(6-9(11)12)7-4-2-1-3-5-7/h1-5,8-9H,6H2. The fourth-order valence-corrected chi connectivity index (χ4v) is 1.82. The van der Waals surface area contributed by atoms with Crippen LogP contribution in [0.2, 0.25) is 0 Å². The van der Waals surface area contributed by atoms with Gasteiger partial charge in [0.15, 0.2) is 0 Å². The number of benzene rings is 1. The zero-order valence-corrected chi connectivity index (χ0v) is 8.65. The van der Waals surface area contributed by atoms with Crippen LogP contribution in [0.15, 0.2) is 30.3 Å². The lowest BCUT2D eigenvalue weighted by Gasteiger charge is -2.09. The molecule has 1 aromatic carbocycles. The van der Waals surface area contributed by atoms with Gasteiger partial charge in [0.1, 0.15) is 4.84 Å². The van der Waals surface area contributed by atoms with Crippen molar-refractivity contribution in [3.63, 3.8) is 0 Å². The van der Waals surface area contributed by atoms with Crippen molar-refractivity contribution in [1.82, 2.24) is 0 Å². The first-order valence-electron chi connectivity index (χ1n) is 3.67. The van der Waals surface area contributed by atoms with Crippen molar-refractivity contribution in [1.29, 1.82) is 0 Å². The van der Waals surface area contributed by atoms with E-state index in [0.717, 1.165) is 5.56 Å². The molecule has 1 rings (SSSR count). The van der Waals surface area contributed by atoms with Crippen molar-refractivity contribution in [2.24, 2.45) is 0 Å². The van der Waals surface area contributed by atoms with Gasteiger partial charge in [-0.2, -0.15) is 0 Å². The molecule has 0 bridgehead atoms. The minimum atomic E-state index is -0.396. The molecule has 0 aromatic heterocycles. The average Bonchev–Trinajstić information content (AvgIpc) is 2.05. The molecule has 1 atom stereocenters. The Balaban J connectivity index is 2.59. The normalized spacial score (nSPS) is 13.3. The molecule has 66 valence electrons. The summed E-state index contributed by atoms with van der Waals surface area (Å²) in [6, 6.07) is 9.78. The van der Waals surface area contributed by atoms with Crippen LogP contribution < -0.4 is 0 Å². The molecule has 0 aliphatic carbocycles. The molecular formula is C9H9Cl3. The summed E-state index contributed by atoms with van der Waals surface area (Å²) in [5, 5.41) is -0.0915. The quantitative estimate of drug-likeness (QED) is 0.675. The largest absolute Gasteiger partial charge is 0.118 e. The van der Waals surface area contributed by atoms with E-state index in [2.05, 4.69) is 0 Å². The van der Waals surface area contributed by atoms with Crippen LogP contribution in [-0.2, 0) is 0 Å². The van der Waals surface area contributed by atoms with Crippen molar-refractivity contribution < 1.29 is 0 Å². The van der Waals surface area contributed by atoms with E-state index in [1.807, 2.05) is 30.3 Å². The average molecular weight is 224 g/mol. The van der Waals surface area contributed by atoms with E-state index in [1.54, 1.807) is 0 Å². The first-order valence-corrected chi connectivity index (χ1v) is 4.98. The van der Waals surface area contributed by atoms with Gasteiger partial charge in [-0.3, -0.25) is 0 Å². The van der Waals surface area contributed by atoms with Gasteiger partial charge in [0, 0.05) is 0 Å². The number of rotatable bonds is 3. The van der Waals surface area contributed by atoms with Gasteiger partial charge < -0.3 is 0 Å². The zero-order chi connectivity index (χ0) is 8.97. The van der Waals surface area contributed by atoms with Crippen molar-refractivity contribution in [3.05, 3.63) is 35.9 Å². The first kappa shape index (κ1) is 10.2. The van der Waals surface area contributed by atoms with Crippen LogP contribution in [0, 0.1) is 0 Å². The lowest BCUT2D eigenvalue weighted by Crippen LogP contribution is -1.95. The van der Waals surface area contributed by atoms with Crippen LogP contribution in [0.5, 0.6) is 0 Å². The lowest BCUT2D eigenvalue weighted by atomic mass is 10.1. The van der Waals surface area contributed by atoms with E-state index in [1.165, 1.54) is 0 Å². The Kier molecular flexibility index (Phi) is 4.20. The van der Waals surface area contributed by atoms with Crippen LogP contribution >= 0.6 is 34.8 Å². The van der Waals surface area contributed by atoms with Crippen LogP contribution in [0.25, 0.3) is 0 Å². The van der Waals surface area contributed by atoms with Gasteiger partial charge in [0.2, 0.25) is 0 Å². The number of alkyl halides is 3. The van der Waals surface area contributed by atoms with Crippen LogP contribution in [0.4, 0.5) is 0 Å². The highest BCUT2D eigenvalue weighted by atomic mass is 35.5. The summed E-state index contributed by atoms with van der Waals surface area (Å²) in [7, 11) is 0. The number of hydrogen-bond acceptors (Lipinski definition) is 0. The Morgan fingerprint density at radius 2 is 1.58 bits per heavy atom. The number of halogens is 3. The second kappa shape index (κ2) is 4.96. The highest BCUT2D eigenvalue weighted by molar-refractivity contribution is 6.44.